The van der Waals surface area contributed by atoms with E-state index in [0.717, 1.165) is 19.0 Å². The molecule has 1 atom stereocenters. The molecule has 25 heavy (non-hydrogen) atoms. The van der Waals surface area contributed by atoms with Crippen LogP contribution in [0.5, 0.6) is 0 Å². The van der Waals surface area contributed by atoms with Crippen LogP contribution in [0, 0.1) is 5.92 Å². The Balaban J connectivity index is 0.00000312. The van der Waals surface area contributed by atoms with Crippen LogP contribution in [0.4, 0.5) is 0 Å². The second-order valence-corrected chi connectivity index (χ2v) is 5.84. The molecule has 1 heterocycles. The first-order valence-corrected chi connectivity index (χ1v) is 8.40. The van der Waals surface area contributed by atoms with Crippen molar-refractivity contribution in [2.45, 2.75) is 26.9 Å². The SMILES string of the molecule is CCNC(=NCc1ccccc1Cn1cccn1)NCC(C)CO.I. The topological polar surface area (TPSA) is 74.5 Å². The van der Waals surface area contributed by atoms with Crippen molar-refractivity contribution in [1.29, 1.82) is 0 Å². The fourth-order valence-electron chi connectivity index (χ4n) is 2.28. The molecule has 0 bridgehead atoms. The second kappa shape index (κ2) is 11.9. The third kappa shape index (κ3) is 7.43. The number of hydrogen-bond donors (Lipinski definition) is 3. The van der Waals surface area contributed by atoms with Gasteiger partial charge in [-0.3, -0.25) is 4.68 Å². The van der Waals surface area contributed by atoms with Gasteiger partial charge in [0.1, 0.15) is 0 Å². The monoisotopic (exact) mass is 457 g/mol. The maximum atomic E-state index is 9.14. The summed E-state index contributed by atoms with van der Waals surface area (Å²) in [6.45, 7) is 7.03. The minimum Gasteiger partial charge on any atom is -0.396 e. The summed E-state index contributed by atoms with van der Waals surface area (Å²) in [5.74, 6) is 0.965. The number of rotatable bonds is 8. The van der Waals surface area contributed by atoms with Crippen LogP contribution in [-0.4, -0.2) is 40.5 Å². The first-order chi connectivity index (χ1) is 11.7. The van der Waals surface area contributed by atoms with Crippen molar-refractivity contribution in [2.24, 2.45) is 10.9 Å². The van der Waals surface area contributed by atoms with Gasteiger partial charge in [-0.2, -0.15) is 5.10 Å². The number of nitrogens with zero attached hydrogens (tertiary/aromatic N) is 3. The third-order valence-electron chi connectivity index (χ3n) is 3.69. The Hall–Kier alpha value is -1.61. The van der Waals surface area contributed by atoms with Crippen molar-refractivity contribution in [3.63, 3.8) is 0 Å². The molecule has 0 aliphatic rings. The van der Waals surface area contributed by atoms with Gasteiger partial charge in [-0.25, -0.2) is 4.99 Å². The van der Waals surface area contributed by atoms with Gasteiger partial charge in [0.25, 0.3) is 0 Å². The molecule has 3 N–H and O–H groups in total. The molecule has 0 fully saturated rings. The quantitative estimate of drug-likeness (QED) is 0.323. The second-order valence-electron chi connectivity index (χ2n) is 5.84. The minimum atomic E-state index is 0. The number of aliphatic hydroxyl groups is 1. The van der Waals surface area contributed by atoms with Crippen LogP contribution in [0.3, 0.4) is 0 Å². The Morgan fingerprint density at radius 1 is 1.24 bits per heavy atom. The summed E-state index contributed by atoms with van der Waals surface area (Å²) < 4.78 is 1.91. The van der Waals surface area contributed by atoms with Crippen LogP contribution < -0.4 is 10.6 Å². The molecule has 138 valence electrons. The van der Waals surface area contributed by atoms with Gasteiger partial charge in [-0.1, -0.05) is 31.2 Å². The van der Waals surface area contributed by atoms with Crippen molar-refractivity contribution in [3.05, 3.63) is 53.9 Å². The molecular weight excluding hydrogens is 429 g/mol. The maximum absolute atomic E-state index is 9.14. The number of halogens is 1. The third-order valence-corrected chi connectivity index (χ3v) is 3.69. The zero-order chi connectivity index (χ0) is 17.2. The average molecular weight is 457 g/mol. The molecule has 0 aliphatic carbocycles. The van der Waals surface area contributed by atoms with Crippen molar-refractivity contribution >= 4 is 29.9 Å². The Labute approximate surface area is 166 Å². The molecule has 1 aromatic heterocycles. The zero-order valence-electron chi connectivity index (χ0n) is 14.9. The van der Waals surface area contributed by atoms with Crippen LogP contribution >= 0.6 is 24.0 Å². The number of aromatic nitrogens is 2. The van der Waals surface area contributed by atoms with E-state index in [0.29, 0.717) is 13.1 Å². The van der Waals surface area contributed by atoms with E-state index < -0.39 is 0 Å². The van der Waals surface area contributed by atoms with Crippen molar-refractivity contribution in [2.75, 3.05) is 19.7 Å². The van der Waals surface area contributed by atoms with Crippen LogP contribution in [-0.2, 0) is 13.1 Å². The molecule has 2 rings (SSSR count). The highest BCUT2D eigenvalue weighted by atomic mass is 127. The lowest BCUT2D eigenvalue weighted by atomic mass is 10.1. The molecule has 0 spiro atoms. The molecule has 6 nitrogen and oxygen atoms in total. The highest BCUT2D eigenvalue weighted by Gasteiger charge is 2.05. The summed E-state index contributed by atoms with van der Waals surface area (Å²) in [6, 6.07) is 10.2. The summed E-state index contributed by atoms with van der Waals surface area (Å²) in [4.78, 5) is 4.66. The van der Waals surface area contributed by atoms with Crippen LogP contribution in [0.2, 0.25) is 0 Å². The molecule has 2 aromatic rings. The summed E-state index contributed by atoms with van der Waals surface area (Å²) in [7, 11) is 0. The zero-order valence-corrected chi connectivity index (χ0v) is 17.2. The molecule has 0 aliphatic heterocycles. The van der Waals surface area contributed by atoms with E-state index >= 15 is 0 Å². The van der Waals surface area contributed by atoms with E-state index in [1.165, 1.54) is 11.1 Å². The minimum absolute atomic E-state index is 0. The molecule has 0 saturated heterocycles. The predicted molar refractivity (Wildman–Crippen MR) is 112 cm³/mol. The maximum Gasteiger partial charge on any atom is 0.191 e. The summed E-state index contributed by atoms with van der Waals surface area (Å²) in [5.41, 5.74) is 2.39. The van der Waals surface area contributed by atoms with Gasteiger partial charge in [0.2, 0.25) is 0 Å². The molecule has 1 aromatic carbocycles. The van der Waals surface area contributed by atoms with E-state index in [-0.39, 0.29) is 36.5 Å². The van der Waals surface area contributed by atoms with Crippen LogP contribution in [0.25, 0.3) is 0 Å². The molecule has 0 saturated carbocycles. The number of aliphatic hydroxyl groups excluding tert-OH is 1. The van der Waals surface area contributed by atoms with Crippen LogP contribution in [0.15, 0.2) is 47.7 Å². The van der Waals surface area contributed by atoms with Crippen molar-refractivity contribution < 1.29 is 5.11 Å². The van der Waals surface area contributed by atoms with E-state index in [2.05, 4.69) is 32.9 Å². The van der Waals surface area contributed by atoms with Gasteiger partial charge in [0, 0.05) is 32.1 Å². The highest BCUT2D eigenvalue weighted by Crippen LogP contribution is 2.11. The number of benzene rings is 1. The van der Waals surface area contributed by atoms with E-state index in [1.807, 2.05) is 42.9 Å². The fraction of sp³-hybridized carbons (Fsp3) is 0.444. The van der Waals surface area contributed by atoms with Crippen molar-refractivity contribution in [3.8, 4) is 0 Å². The number of guanidine groups is 1. The van der Waals surface area contributed by atoms with Crippen LogP contribution in [0.1, 0.15) is 25.0 Å². The first-order valence-electron chi connectivity index (χ1n) is 8.40. The average Bonchev–Trinajstić information content (AvgIpc) is 3.11. The van der Waals surface area contributed by atoms with E-state index in [9.17, 15) is 0 Å². The summed E-state index contributed by atoms with van der Waals surface area (Å²) in [6.07, 6.45) is 3.75. The van der Waals surface area contributed by atoms with Gasteiger partial charge in [-0.05, 0) is 30.0 Å². The largest absolute Gasteiger partial charge is 0.396 e. The lowest BCUT2D eigenvalue weighted by molar-refractivity contribution is 0.238. The number of nitrogens with one attached hydrogen (secondary N) is 2. The molecular formula is C18H28IN5O. The van der Waals surface area contributed by atoms with Gasteiger partial charge in [-0.15, -0.1) is 24.0 Å². The molecule has 0 radical (unpaired) electrons. The number of hydrogen-bond acceptors (Lipinski definition) is 3. The summed E-state index contributed by atoms with van der Waals surface area (Å²) >= 11 is 0. The molecule has 0 amide bonds. The predicted octanol–water partition coefficient (Wildman–Crippen LogP) is 2.23. The van der Waals surface area contributed by atoms with E-state index in [4.69, 9.17) is 5.11 Å². The summed E-state index contributed by atoms with van der Waals surface area (Å²) in [5, 5.41) is 19.9. The standard InChI is InChI=1S/C18H27N5O.HI/c1-3-19-18(20-11-15(2)14-24)21-12-16-7-4-5-8-17(16)13-23-10-6-9-22-23;/h4-10,15,24H,3,11-14H2,1-2H3,(H2,19,20,21);1H. The van der Waals surface area contributed by atoms with Crippen molar-refractivity contribution in [1.82, 2.24) is 20.4 Å². The van der Waals surface area contributed by atoms with E-state index in [1.54, 1.807) is 6.20 Å². The van der Waals surface area contributed by atoms with Gasteiger partial charge < -0.3 is 15.7 Å². The molecule has 7 heteroatoms. The lowest BCUT2D eigenvalue weighted by Crippen LogP contribution is -2.39. The smallest absolute Gasteiger partial charge is 0.191 e. The lowest BCUT2D eigenvalue weighted by Gasteiger charge is -2.14. The van der Waals surface area contributed by atoms with Gasteiger partial charge in [0.15, 0.2) is 5.96 Å². The Morgan fingerprint density at radius 3 is 2.64 bits per heavy atom. The fourth-order valence-corrected chi connectivity index (χ4v) is 2.28. The Morgan fingerprint density at radius 2 is 2.00 bits per heavy atom. The first kappa shape index (κ1) is 21.4. The Kier molecular flexibility index (Phi) is 10.2. The Bertz CT molecular complexity index is 630. The number of aliphatic imine (C=N–C) groups is 1. The van der Waals surface area contributed by atoms with Gasteiger partial charge in [0.05, 0.1) is 13.1 Å². The highest BCUT2D eigenvalue weighted by molar-refractivity contribution is 14.0. The molecule has 1 unspecified atom stereocenters. The normalized spacial score (nSPS) is 12.4. The van der Waals surface area contributed by atoms with Gasteiger partial charge >= 0.3 is 0 Å².